The van der Waals surface area contributed by atoms with Crippen molar-refractivity contribution in [3.05, 3.63) is 436 Å². The standard InChI is InChI=1S/2C57H37N4.C5H8O2.Ir/c2*1-37-36-58-54-51-35-44(60(42-21-4-2-5-22-42)56-45-25-12-8-17-38(45)33-39-18-9-13-26-46(39)56)31-32-49(51)50-29-16-30-52(53(50)55(54)59-37)61(43-23-6-3-7-24-43)57-47-27-14-10-19-40(47)34-41-20-11-15-28-48(41)57;1-4(6)3-5(2)7;/h2*2-34,36H,1H3;3H2,1-2H3;/q2*-1;;+3. The fourth-order valence-corrected chi connectivity index (χ4v) is 19.3. The monoisotopic (exact) mass is 1850 g/mol. The summed E-state index contributed by atoms with van der Waals surface area (Å²) in [5, 5.41) is 27.1. The summed E-state index contributed by atoms with van der Waals surface area (Å²) in [6, 6.07) is 152. The number of Topliss-reactive ketones (excluding diaryl/α,β-unsaturated/α-hetero) is 2. The van der Waals surface area contributed by atoms with Gasteiger partial charge in [-0.25, -0.2) is 0 Å². The molecule has 0 bridgehead atoms. The molecule has 10 nitrogen and oxygen atoms in total. The number of ketones is 2. The molecule has 24 rings (SSSR count). The van der Waals surface area contributed by atoms with Crippen LogP contribution in [0.1, 0.15) is 31.7 Å². The topological polar surface area (TPSA) is 98.7 Å². The second kappa shape index (κ2) is 34.3. The third-order valence-corrected chi connectivity index (χ3v) is 24.6. The normalized spacial score (nSPS) is 11.4. The van der Waals surface area contributed by atoms with Gasteiger partial charge in [0.15, 0.2) is 0 Å². The predicted molar refractivity (Wildman–Crippen MR) is 541 cm³/mol. The number of hydrogen-bond donors (Lipinski definition) is 0. The average Bonchev–Trinajstić information content (AvgIpc) is 0.718. The Morgan fingerprint density at radius 3 is 0.754 bits per heavy atom. The van der Waals surface area contributed by atoms with Crippen LogP contribution in [0.2, 0.25) is 0 Å². The Balaban J connectivity index is 0.000000146. The van der Waals surface area contributed by atoms with Gasteiger partial charge in [-0.3, -0.25) is 19.6 Å². The van der Waals surface area contributed by atoms with Crippen LogP contribution in [0.5, 0.6) is 0 Å². The van der Waals surface area contributed by atoms with Crippen LogP contribution in [0.4, 0.5) is 68.2 Å². The maximum Gasteiger partial charge on any atom is 3.00 e. The van der Waals surface area contributed by atoms with Crippen molar-refractivity contribution in [3.63, 3.8) is 0 Å². The minimum Gasteiger partial charge on any atom is -0.327 e. The molecule has 22 aromatic carbocycles. The Hall–Kier alpha value is -16.2. The summed E-state index contributed by atoms with van der Waals surface area (Å²) in [6.07, 6.45) is 3.86. The van der Waals surface area contributed by atoms with Crippen molar-refractivity contribution in [1.29, 1.82) is 0 Å². The van der Waals surface area contributed by atoms with E-state index in [4.69, 9.17) is 19.9 Å². The Morgan fingerprint density at radius 1 is 0.254 bits per heavy atom. The summed E-state index contributed by atoms with van der Waals surface area (Å²) >= 11 is 0. The molecule has 24 aromatic rings. The molecule has 0 atom stereocenters. The molecule has 2 aromatic heterocycles. The van der Waals surface area contributed by atoms with Gasteiger partial charge in [-0.15, -0.1) is 47.2 Å². The molecule has 130 heavy (non-hydrogen) atoms. The number of rotatable bonds is 14. The Bertz CT molecular complexity index is 7890. The van der Waals surface area contributed by atoms with Crippen LogP contribution in [0.15, 0.2) is 413 Å². The molecule has 0 fully saturated rings. The molecular weight excluding hydrogens is 1770 g/mol. The molecule has 0 saturated heterocycles. The molecular formula is C119H82IrN8O2+. The molecule has 0 amide bonds. The fraction of sp³-hybridized carbons (Fsp3) is 0.0420. The first-order chi connectivity index (χ1) is 63.5. The first-order valence-corrected chi connectivity index (χ1v) is 43.6. The van der Waals surface area contributed by atoms with E-state index in [9.17, 15) is 9.59 Å². The maximum absolute atomic E-state index is 10.0. The molecule has 0 N–H and O–H groups in total. The summed E-state index contributed by atoms with van der Waals surface area (Å²) in [5.74, 6) is -0.125. The van der Waals surface area contributed by atoms with E-state index >= 15 is 0 Å². The van der Waals surface area contributed by atoms with Crippen LogP contribution in [0.25, 0.3) is 151 Å². The zero-order valence-electron chi connectivity index (χ0n) is 71.7. The van der Waals surface area contributed by atoms with Crippen molar-refractivity contribution in [1.82, 2.24) is 19.9 Å². The number of benzene rings is 22. The number of anilines is 12. The largest absolute Gasteiger partial charge is 3.00 e. The number of carbonyl (C=O) groups is 2. The smallest absolute Gasteiger partial charge is 0.327 e. The van der Waals surface area contributed by atoms with Gasteiger partial charge in [-0.1, -0.05) is 302 Å². The van der Waals surface area contributed by atoms with E-state index in [2.05, 4.69) is 432 Å². The number of aryl methyl sites for hydroxylation is 2. The summed E-state index contributed by atoms with van der Waals surface area (Å²) in [4.78, 5) is 50.8. The summed E-state index contributed by atoms with van der Waals surface area (Å²) < 4.78 is 0. The van der Waals surface area contributed by atoms with Gasteiger partial charge in [-0.2, -0.15) is 0 Å². The van der Waals surface area contributed by atoms with Crippen molar-refractivity contribution in [2.45, 2.75) is 34.1 Å². The number of fused-ring (bicyclic) bond motifs is 20. The van der Waals surface area contributed by atoms with Crippen LogP contribution in [0, 0.1) is 26.0 Å². The Morgan fingerprint density at radius 2 is 0.492 bits per heavy atom. The SMILES string of the molecule is CC(=O)CC(C)=O.Cc1cnc2c3[c-]c(N(c4ccccc4)c4c5ccccc5cc5ccccc45)ccc3c3cccc(N(c4ccccc4)c4c5ccccc5cc5ccccc45)c3c2n1.Cc1cnc2c3[c-]c(N(c4ccccc4)c4c5ccccc5cc5ccccc45)ccc3c3cccc(N(c4ccccc4)c4c5ccccc5cc5ccccc45)c3c2n1.[Ir+3]. The number of aromatic nitrogens is 4. The molecule has 0 saturated carbocycles. The number of nitrogens with zero attached hydrogens (tertiary/aromatic N) is 8. The molecule has 0 unspecified atom stereocenters. The molecule has 2 heterocycles. The van der Waals surface area contributed by atoms with Gasteiger partial charge in [0, 0.05) is 100 Å². The Kier molecular flexibility index (Phi) is 21.3. The second-order valence-electron chi connectivity index (χ2n) is 33.0. The number of carbonyl (C=O) groups excluding carboxylic acids is 2. The Labute approximate surface area is 765 Å². The third kappa shape index (κ3) is 14.5. The summed E-state index contributed by atoms with van der Waals surface area (Å²) in [6.45, 7) is 6.87. The van der Waals surface area contributed by atoms with Gasteiger partial charge < -0.3 is 29.6 Å². The number of hydrogen-bond acceptors (Lipinski definition) is 10. The molecule has 11 heteroatoms. The minimum atomic E-state index is -0.0625. The van der Waals surface area contributed by atoms with Gasteiger partial charge in [0.2, 0.25) is 0 Å². The molecule has 618 valence electrons. The zero-order valence-corrected chi connectivity index (χ0v) is 74.1. The molecule has 0 aliphatic rings. The first kappa shape index (κ1) is 80.9. The molecule has 0 aliphatic heterocycles. The molecule has 0 aliphatic carbocycles. The summed E-state index contributed by atoms with van der Waals surface area (Å²) in [5.41, 5.74) is 17.7. The van der Waals surface area contributed by atoms with Crippen molar-refractivity contribution in [2.24, 2.45) is 0 Å². The van der Waals surface area contributed by atoms with E-state index in [1.54, 1.807) is 0 Å². The van der Waals surface area contributed by atoms with E-state index in [0.29, 0.717) is 0 Å². The van der Waals surface area contributed by atoms with Gasteiger partial charge in [0.25, 0.3) is 0 Å². The van der Waals surface area contributed by atoms with E-state index < -0.39 is 0 Å². The van der Waals surface area contributed by atoms with Gasteiger partial charge in [-0.05, 0) is 178 Å². The van der Waals surface area contributed by atoms with E-state index in [0.717, 1.165) is 145 Å². The third-order valence-electron chi connectivity index (χ3n) is 24.6. The quantitative estimate of drug-likeness (QED) is 0.0453. The van der Waals surface area contributed by atoms with Crippen molar-refractivity contribution >= 4 is 231 Å². The first-order valence-electron chi connectivity index (χ1n) is 43.6. The van der Waals surface area contributed by atoms with E-state index in [-0.39, 0.29) is 38.1 Å². The summed E-state index contributed by atoms with van der Waals surface area (Å²) in [7, 11) is 0. The van der Waals surface area contributed by atoms with Crippen LogP contribution in [-0.4, -0.2) is 31.5 Å². The van der Waals surface area contributed by atoms with Crippen molar-refractivity contribution in [3.8, 4) is 0 Å². The van der Waals surface area contributed by atoms with Gasteiger partial charge >= 0.3 is 20.1 Å². The van der Waals surface area contributed by atoms with Crippen molar-refractivity contribution < 1.29 is 29.7 Å². The maximum atomic E-state index is 10.0. The van der Waals surface area contributed by atoms with Crippen LogP contribution in [0.3, 0.4) is 0 Å². The van der Waals surface area contributed by atoms with E-state index in [1.807, 2.05) is 26.2 Å². The zero-order chi connectivity index (χ0) is 86.7. The number of para-hydroxylation sites is 4. The van der Waals surface area contributed by atoms with Gasteiger partial charge in [0.05, 0.1) is 63.0 Å². The molecule has 0 radical (unpaired) electrons. The molecule has 0 spiro atoms. The van der Waals surface area contributed by atoms with Crippen molar-refractivity contribution in [2.75, 3.05) is 19.6 Å². The van der Waals surface area contributed by atoms with Crippen LogP contribution in [-0.2, 0) is 29.7 Å². The minimum absolute atomic E-state index is 0. The van der Waals surface area contributed by atoms with Gasteiger partial charge in [0.1, 0.15) is 11.6 Å². The predicted octanol–water partition coefficient (Wildman–Crippen LogP) is 31.7. The van der Waals surface area contributed by atoms with E-state index in [1.165, 1.54) is 100 Å². The second-order valence-corrected chi connectivity index (χ2v) is 33.0. The van der Waals surface area contributed by atoms with Crippen LogP contribution >= 0.6 is 0 Å². The van der Waals surface area contributed by atoms with Crippen LogP contribution < -0.4 is 19.6 Å². The fourth-order valence-electron chi connectivity index (χ4n) is 19.3. The average molecular weight is 1850 g/mol.